The smallest absolute Gasteiger partial charge is 0.124 e. The van der Waals surface area contributed by atoms with Crippen molar-refractivity contribution in [3.63, 3.8) is 0 Å². The van der Waals surface area contributed by atoms with Crippen molar-refractivity contribution in [2.45, 2.75) is 6.04 Å². The zero-order chi connectivity index (χ0) is 11.4. The van der Waals surface area contributed by atoms with E-state index in [2.05, 4.69) is 0 Å². The van der Waals surface area contributed by atoms with E-state index in [4.69, 9.17) is 22.7 Å². The molecule has 0 radical (unpaired) electrons. The maximum absolute atomic E-state index is 5.73. The molecule has 15 heavy (non-hydrogen) atoms. The van der Waals surface area contributed by atoms with Crippen molar-refractivity contribution in [1.29, 1.82) is 0 Å². The molecule has 1 aromatic rings. The molecule has 0 aromatic heterocycles. The SMILES string of the molecule is COc1ccccc1C(C(N)=S)N(C)C. The topological polar surface area (TPSA) is 38.5 Å². The summed E-state index contributed by atoms with van der Waals surface area (Å²) in [6, 6.07) is 7.67. The molecule has 0 spiro atoms. The van der Waals surface area contributed by atoms with E-state index >= 15 is 0 Å². The Morgan fingerprint density at radius 1 is 1.40 bits per heavy atom. The van der Waals surface area contributed by atoms with Crippen molar-refractivity contribution in [2.24, 2.45) is 5.73 Å². The Morgan fingerprint density at radius 3 is 2.47 bits per heavy atom. The molecule has 0 bridgehead atoms. The molecule has 1 unspecified atom stereocenters. The second-order valence-electron chi connectivity index (χ2n) is 3.51. The molecule has 1 atom stereocenters. The van der Waals surface area contributed by atoms with Crippen molar-refractivity contribution in [1.82, 2.24) is 4.90 Å². The molecule has 0 amide bonds. The number of para-hydroxylation sites is 1. The fourth-order valence-corrected chi connectivity index (χ4v) is 1.92. The molecule has 0 saturated heterocycles. The van der Waals surface area contributed by atoms with Crippen molar-refractivity contribution >= 4 is 17.2 Å². The van der Waals surface area contributed by atoms with E-state index in [1.54, 1.807) is 7.11 Å². The average molecular weight is 224 g/mol. The average Bonchev–Trinajstić information content (AvgIpc) is 2.17. The van der Waals surface area contributed by atoms with Crippen LogP contribution in [0.1, 0.15) is 11.6 Å². The lowest BCUT2D eigenvalue weighted by atomic mass is 10.0. The van der Waals surface area contributed by atoms with E-state index < -0.39 is 0 Å². The van der Waals surface area contributed by atoms with Crippen LogP contribution in [-0.4, -0.2) is 31.1 Å². The third kappa shape index (κ3) is 2.67. The van der Waals surface area contributed by atoms with Gasteiger partial charge in [0.25, 0.3) is 0 Å². The van der Waals surface area contributed by atoms with E-state index in [0.717, 1.165) is 11.3 Å². The van der Waals surface area contributed by atoms with Gasteiger partial charge < -0.3 is 10.5 Å². The summed E-state index contributed by atoms with van der Waals surface area (Å²) in [4.78, 5) is 2.42. The van der Waals surface area contributed by atoms with Crippen LogP contribution in [0.3, 0.4) is 0 Å². The van der Waals surface area contributed by atoms with Crippen LogP contribution in [0.5, 0.6) is 5.75 Å². The first-order chi connectivity index (χ1) is 7.07. The molecule has 1 aromatic carbocycles. The summed E-state index contributed by atoms with van der Waals surface area (Å²) in [5.74, 6) is 0.809. The number of likely N-dealkylation sites (N-methyl/N-ethyl adjacent to an activating group) is 1. The van der Waals surface area contributed by atoms with Crippen molar-refractivity contribution in [3.05, 3.63) is 29.8 Å². The lowest BCUT2D eigenvalue weighted by Crippen LogP contribution is -2.31. The fourth-order valence-electron chi connectivity index (χ4n) is 1.58. The molecular formula is C11H16N2OS. The summed E-state index contributed by atoms with van der Waals surface area (Å²) in [5.41, 5.74) is 6.73. The summed E-state index contributed by atoms with van der Waals surface area (Å²) in [6.07, 6.45) is 0. The summed E-state index contributed by atoms with van der Waals surface area (Å²) in [6.45, 7) is 0. The lowest BCUT2D eigenvalue weighted by molar-refractivity contribution is 0.350. The van der Waals surface area contributed by atoms with Gasteiger partial charge in [-0.05, 0) is 20.2 Å². The molecule has 0 fully saturated rings. The number of nitrogens with zero attached hydrogens (tertiary/aromatic N) is 1. The zero-order valence-electron chi connectivity index (χ0n) is 9.23. The molecule has 1 rings (SSSR count). The van der Waals surface area contributed by atoms with Crippen LogP contribution in [-0.2, 0) is 0 Å². The first-order valence-corrected chi connectivity index (χ1v) is 5.07. The van der Waals surface area contributed by atoms with Crippen molar-refractivity contribution in [2.75, 3.05) is 21.2 Å². The molecule has 0 saturated carbocycles. The second-order valence-corrected chi connectivity index (χ2v) is 3.98. The molecule has 0 aliphatic rings. The number of hydrogen-bond donors (Lipinski definition) is 1. The second kappa shape index (κ2) is 5.09. The summed E-state index contributed by atoms with van der Waals surface area (Å²) < 4.78 is 5.28. The Bertz CT molecular complexity index is 352. The van der Waals surface area contributed by atoms with Gasteiger partial charge in [0.2, 0.25) is 0 Å². The minimum absolute atomic E-state index is 0.0869. The fraction of sp³-hybridized carbons (Fsp3) is 0.364. The molecule has 82 valence electrons. The van der Waals surface area contributed by atoms with Gasteiger partial charge in [0, 0.05) is 5.56 Å². The van der Waals surface area contributed by atoms with Crippen LogP contribution >= 0.6 is 12.2 Å². The highest BCUT2D eigenvalue weighted by molar-refractivity contribution is 7.80. The Morgan fingerprint density at radius 2 is 2.00 bits per heavy atom. The first kappa shape index (κ1) is 11.9. The van der Waals surface area contributed by atoms with E-state index in [-0.39, 0.29) is 6.04 Å². The maximum Gasteiger partial charge on any atom is 0.124 e. The highest BCUT2D eigenvalue weighted by Crippen LogP contribution is 2.27. The van der Waals surface area contributed by atoms with Crippen molar-refractivity contribution in [3.8, 4) is 5.75 Å². The summed E-state index contributed by atoms with van der Waals surface area (Å²) in [7, 11) is 5.53. The van der Waals surface area contributed by atoms with E-state index in [0.29, 0.717) is 4.99 Å². The Balaban J connectivity index is 3.16. The normalized spacial score (nSPS) is 12.5. The van der Waals surface area contributed by atoms with Gasteiger partial charge in [0.05, 0.1) is 18.1 Å². The lowest BCUT2D eigenvalue weighted by Gasteiger charge is -2.24. The van der Waals surface area contributed by atoms with Gasteiger partial charge in [-0.1, -0.05) is 30.4 Å². The number of ether oxygens (including phenoxy) is 1. The molecule has 0 aliphatic heterocycles. The predicted octanol–water partition coefficient (Wildman–Crippen LogP) is 1.58. The third-order valence-electron chi connectivity index (χ3n) is 2.22. The van der Waals surface area contributed by atoms with Crippen LogP contribution < -0.4 is 10.5 Å². The zero-order valence-corrected chi connectivity index (χ0v) is 10.0. The predicted molar refractivity (Wildman–Crippen MR) is 66.2 cm³/mol. The molecule has 4 heteroatoms. The number of thiocarbonyl (C=S) groups is 1. The Kier molecular flexibility index (Phi) is 4.05. The van der Waals surface area contributed by atoms with Gasteiger partial charge in [-0.3, -0.25) is 4.90 Å². The van der Waals surface area contributed by atoms with E-state index in [9.17, 15) is 0 Å². The van der Waals surface area contributed by atoms with E-state index in [1.165, 1.54) is 0 Å². The van der Waals surface area contributed by atoms with Gasteiger partial charge in [-0.15, -0.1) is 0 Å². The number of nitrogens with two attached hydrogens (primary N) is 1. The molecule has 3 nitrogen and oxygen atoms in total. The van der Waals surface area contributed by atoms with Crippen LogP contribution in [0.2, 0.25) is 0 Å². The molecule has 0 heterocycles. The molecule has 0 aliphatic carbocycles. The number of benzene rings is 1. The molecular weight excluding hydrogens is 208 g/mol. The quantitative estimate of drug-likeness (QED) is 0.788. The number of methoxy groups -OCH3 is 1. The maximum atomic E-state index is 5.73. The van der Waals surface area contributed by atoms with Crippen LogP contribution in [0, 0.1) is 0 Å². The van der Waals surface area contributed by atoms with Crippen LogP contribution in [0.25, 0.3) is 0 Å². The highest BCUT2D eigenvalue weighted by atomic mass is 32.1. The van der Waals surface area contributed by atoms with E-state index in [1.807, 2.05) is 43.3 Å². The third-order valence-corrected chi connectivity index (χ3v) is 2.44. The summed E-state index contributed by atoms with van der Waals surface area (Å²) >= 11 is 5.06. The van der Waals surface area contributed by atoms with Crippen molar-refractivity contribution < 1.29 is 4.74 Å². The minimum atomic E-state index is -0.0869. The highest BCUT2D eigenvalue weighted by Gasteiger charge is 2.20. The van der Waals surface area contributed by atoms with Gasteiger partial charge in [0.15, 0.2) is 0 Å². The van der Waals surface area contributed by atoms with Gasteiger partial charge in [0.1, 0.15) is 5.75 Å². The van der Waals surface area contributed by atoms with Gasteiger partial charge >= 0.3 is 0 Å². The molecule has 2 N–H and O–H groups in total. The standard InChI is InChI=1S/C11H16N2OS/c1-13(2)10(11(12)15)8-6-4-5-7-9(8)14-3/h4-7,10H,1-3H3,(H2,12,15). The van der Waals surface area contributed by atoms with Crippen LogP contribution in [0.15, 0.2) is 24.3 Å². The Hall–Kier alpha value is -1.13. The Labute approximate surface area is 95.8 Å². The van der Waals surface area contributed by atoms with Gasteiger partial charge in [-0.25, -0.2) is 0 Å². The monoisotopic (exact) mass is 224 g/mol. The largest absolute Gasteiger partial charge is 0.496 e. The first-order valence-electron chi connectivity index (χ1n) is 4.66. The summed E-state index contributed by atoms with van der Waals surface area (Å²) in [5, 5.41) is 0. The number of rotatable bonds is 4. The van der Waals surface area contributed by atoms with Crippen LogP contribution in [0.4, 0.5) is 0 Å². The van der Waals surface area contributed by atoms with Gasteiger partial charge in [-0.2, -0.15) is 0 Å². The minimum Gasteiger partial charge on any atom is -0.496 e. The number of hydrogen-bond acceptors (Lipinski definition) is 3.